The lowest BCUT2D eigenvalue weighted by Crippen LogP contribution is -2.46. The standard InChI is InChI=1S/C15H19ClN4O4/c1-8-6-20(7-12(22-8)15-17-10(3)19-24-15)13(21)5-4-11-9(2)18-23-14(11)16/h8,12H,4-7H2,1-3H3/t8-,12-/m1/s1. The largest absolute Gasteiger partial charge is 0.362 e. The van der Waals surface area contributed by atoms with E-state index in [9.17, 15) is 4.79 Å². The molecule has 1 aliphatic heterocycles. The average molecular weight is 355 g/mol. The van der Waals surface area contributed by atoms with Gasteiger partial charge >= 0.3 is 0 Å². The van der Waals surface area contributed by atoms with Gasteiger partial charge < -0.3 is 18.7 Å². The summed E-state index contributed by atoms with van der Waals surface area (Å²) >= 11 is 5.94. The molecule has 1 saturated heterocycles. The number of morpholine rings is 1. The minimum Gasteiger partial charge on any atom is -0.362 e. The molecule has 24 heavy (non-hydrogen) atoms. The second-order valence-electron chi connectivity index (χ2n) is 5.93. The van der Waals surface area contributed by atoms with Gasteiger partial charge in [0.15, 0.2) is 11.9 Å². The molecule has 1 fully saturated rings. The van der Waals surface area contributed by atoms with Crippen LogP contribution in [0.15, 0.2) is 9.05 Å². The van der Waals surface area contributed by atoms with Crippen LogP contribution in [-0.4, -0.2) is 45.3 Å². The lowest BCUT2D eigenvalue weighted by molar-refractivity contribution is -0.146. The van der Waals surface area contributed by atoms with Crippen molar-refractivity contribution in [3.8, 4) is 0 Å². The Hall–Kier alpha value is -1.93. The van der Waals surface area contributed by atoms with Crippen molar-refractivity contribution in [1.82, 2.24) is 20.2 Å². The monoisotopic (exact) mass is 354 g/mol. The fourth-order valence-electron chi connectivity index (χ4n) is 2.77. The van der Waals surface area contributed by atoms with Crippen molar-refractivity contribution < 1.29 is 18.6 Å². The van der Waals surface area contributed by atoms with Crippen molar-refractivity contribution in [1.29, 1.82) is 0 Å². The highest BCUT2D eigenvalue weighted by atomic mass is 35.5. The van der Waals surface area contributed by atoms with Crippen LogP contribution in [0.5, 0.6) is 0 Å². The third kappa shape index (κ3) is 3.59. The van der Waals surface area contributed by atoms with Gasteiger partial charge in [0.25, 0.3) is 5.89 Å². The number of ether oxygens (including phenoxy) is 1. The van der Waals surface area contributed by atoms with Crippen LogP contribution < -0.4 is 0 Å². The summed E-state index contributed by atoms with van der Waals surface area (Å²) in [4.78, 5) is 18.5. The zero-order valence-electron chi connectivity index (χ0n) is 13.8. The highest BCUT2D eigenvalue weighted by molar-refractivity contribution is 6.29. The SMILES string of the molecule is Cc1noc([C@H]2CN(C(=O)CCc3c(C)noc3Cl)C[C@@H](C)O2)n1. The first-order valence-corrected chi connectivity index (χ1v) is 8.16. The summed E-state index contributed by atoms with van der Waals surface area (Å²) in [5.41, 5.74) is 1.48. The minimum atomic E-state index is -0.403. The molecule has 0 bridgehead atoms. The number of hydrogen-bond acceptors (Lipinski definition) is 7. The Balaban J connectivity index is 1.63. The number of hydrogen-bond donors (Lipinski definition) is 0. The van der Waals surface area contributed by atoms with Crippen molar-refractivity contribution in [2.75, 3.05) is 13.1 Å². The summed E-state index contributed by atoms with van der Waals surface area (Å²) in [7, 11) is 0. The number of amides is 1. The maximum Gasteiger partial charge on any atom is 0.257 e. The minimum absolute atomic E-state index is 0.0167. The van der Waals surface area contributed by atoms with Crippen LogP contribution in [0.3, 0.4) is 0 Å². The molecule has 0 spiro atoms. The summed E-state index contributed by atoms with van der Waals surface area (Å²) < 4.78 is 15.9. The summed E-state index contributed by atoms with van der Waals surface area (Å²) in [5.74, 6) is 0.958. The molecule has 3 rings (SSSR count). The molecule has 3 heterocycles. The van der Waals surface area contributed by atoms with Crippen molar-refractivity contribution in [3.05, 3.63) is 28.2 Å². The first kappa shape index (κ1) is 16.9. The van der Waals surface area contributed by atoms with E-state index in [-0.39, 0.29) is 17.2 Å². The molecular weight excluding hydrogens is 336 g/mol. The molecule has 130 valence electrons. The van der Waals surface area contributed by atoms with Gasteiger partial charge in [0, 0.05) is 18.5 Å². The Bertz CT molecular complexity index is 709. The van der Waals surface area contributed by atoms with E-state index in [2.05, 4.69) is 15.3 Å². The van der Waals surface area contributed by atoms with E-state index >= 15 is 0 Å². The number of nitrogens with zero attached hydrogens (tertiary/aromatic N) is 4. The van der Waals surface area contributed by atoms with E-state index in [0.717, 1.165) is 5.56 Å². The van der Waals surface area contributed by atoms with Gasteiger partial charge in [0.05, 0.1) is 18.3 Å². The van der Waals surface area contributed by atoms with Crippen LogP contribution in [0.4, 0.5) is 0 Å². The van der Waals surface area contributed by atoms with Crippen LogP contribution in [0.1, 0.15) is 42.4 Å². The van der Waals surface area contributed by atoms with Gasteiger partial charge in [0.2, 0.25) is 11.1 Å². The Morgan fingerprint density at radius 1 is 1.29 bits per heavy atom. The normalized spacial score (nSPS) is 21.2. The maximum absolute atomic E-state index is 12.6. The van der Waals surface area contributed by atoms with E-state index in [1.54, 1.807) is 18.7 Å². The Morgan fingerprint density at radius 2 is 2.08 bits per heavy atom. The Morgan fingerprint density at radius 3 is 2.71 bits per heavy atom. The van der Waals surface area contributed by atoms with Crippen molar-refractivity contribution >= 4 is 17.5 Å². The van der Waals surface area contributed by atoms with Gasteiger partial charge in [-0.1, -0.05) is 10.3 Å². The molecule has 0 saturated carbocycles. The van der Waals surface area contributed by atoms with Crippen molar-refractivity contribution in [3.63, 3.8) is 0 Å². The van der Waals surface area contributed by atoms with E-state index < -0.39 is 6.10 Å². The van der Waals surface area contributed by atoms with Crippen LogP contribution >= 0.6 is 11.6 Å². The van der Waals surface area contributed by atoms with Crippen LogP contribution in [0, 0.1) is 13.8 Å². The van der Waals surface area contributed by atoms with Gasteiger partial charge in [0.1, 0.15) is 0 Å². The smallest absolute Gasteiger partial charge is 0.257 e. The second kappa shape index (κ2) is 6.90. The fourth-order valence-corrected chi connectivity index (χ4v) is 3.03. The number of aryl methyl sites for hydroxylation is 2. The molecule has 0 aromatic carbocycles. The van der Waals surface area contributed by atoms with Crippen molar-refractivity contribution in [2.45, 2.75) is 45.8 Å². The first-order chi connectivity index (χ1) is 11.4. The second-order valence-corrected chi connectivity index (χ2v) is 6.28. The van der Waals surface area contributed by atoms with E-state index in [4.69, 9.17) is 25.4 Å². The zero-order chi connectivity index (χ0) is 17.3. The highest BCUT2D eigenvalue weighted by Crippen LogP contribution is 2.25. The van der Waals surface area contributed by atoms with Crippen molar-refractivity contribution in [2.24, 2.45) is 0 Å². The number of aromatic nitrogens is 3. The summed E-state index contributed by atoms with van der Waals surface area (Å²) in [5, 5.41) is 7.81. The number of carbonyl (C=O) groups excluding carboxylic acids is 1. The van der Waals surface area contributed by atoms with Crippen LogP contribution in [-0.2, 0) is 16.0 Å². The lowest BCUT2D eigenvalue weighted by Gasteiger charge is -2.35. The highest BCUT2D eigenvalue weighted by Gasteiger charge is 2.32. The van der Waals surface area contributed by atoms with Gasteiger partial charge in [-0.05, 0) is 38.8 Å². The molecule has 8 nitrogen and oxygen atoms in total. The number of rotatable bonds is 4. The molecule has 2 aromatic rings. The third-order valence-electron chi connectivity index (χ3n) is 3.96. The predicted molar refractivity (Wildman–Crippen MR) is 83.5 cm³/mol. The summed E-state index contributed by atoms with van der Waals surface area (Å²) in [6.07, 6.45) is 0.299. The molecule has 9 heteroatoms. The first-order valence-electron chi connectivity index (χ1n) is 7.78. The summed E-state index contributed by atoms with van der Waals surface area (Å²) in [6, 6.07) is 0. The van der Waals surface area contributed by atoms with E-state index in [1.807, 2.05) is 6.92 Å². The van der Waals surface area contributed by atoms with Crippen LogP contribution in [0.25, 0.3) is 0 Å². The molecule has 1 amide bonds. The zero-order valence-corrected chi connectivity index (χ0v) is 14.5. The average Bonchev–Trinajstić information content (AvgIpc) is 3.11. The fraction of sp³-hybridized carbons (Fsp3) is 0.600. The predicted octanol–water partition coefficient (Wildman–Crippen LogP) is 2.25. The molecule has 1 aliphatic rings. The maximum atomic E-state index is 12.6. The molecule has 2 atom stereocenters. The number of carbonyl (C=O) groups is 1. The van der Waals surface area contributed by atoms with E-state index in [0.29, 0.717) is 43.3 Å². The Kier molecular flexibility index (Phi) is 4.86. The lowest BCUT2D eigenvalue weighted by atomic mass is 10.1. The quantitative estimate of drug-likeness (QED) is 0.830. The topological polar surface area (TPSA) is 94.5 Å². The molecule has 0 unspecified atom stereocenters. The molecule has 0 aliphatic carbocycles. The van der Waals surface area contributed by atoms with Gasteiger partial charge in [-0.2, -0.15) is 4.98 Å². The van der Waals surface area contributed by atoms with Gasteiger partial charge in [-0.3, -0.25) is 4.79 Å². The molecule has 0 N–H and O–H groups in total. The molecule has 0 radical (unpaired) electrons. The molecule has 2 aromatic heterocycles. The van der Waals surface area contributed by atoms with Gasteiger partial charge in [-0.15, -0.1) is 0 Å². The van der Waals surface area contributed by atoms with E-state index in [1.165, 1.54) is 0 Å². The summed E-state index contributed by atoms with van der Waals surface area (Å²) in [6.45, 7) is 6.38. The third-order valence-corrected chi connectivity index (χ3v) is 4.25. The van der Waals surface area contributed by atoms with Crippen LogP contribution in [0.2, 0.25) is 5.22 Å². The van der Waals surface area contributed by atoms with Gasteiger partial charge in [-0.25, -0.2) is 0 Å². The molecular formula is C15H19ClN4O4. The Labute approximate surface area is 144 Å². The number of halogens is 1.